The smallest absolute Gasteiger partial charge is 0.400 e. The molecule has 0 aromatic heterocycles. The first-order valence-corrected chi connectivity index (χ1v) is 7.69. The zero-order valence-electron chi connectivity index (χ0n) is 14.1. The fourth-order valence-corrected chi connectivity index (χ4v) is 2.49. The number of hydrogen-bond acceptors (Lipinski definition) is 5. The minimum Gasteiger partial charge on any atom is -0.400 e. The molecule has 3 rings (SSSR count). The van der Waals surface area contributed by atoms with Gasteiger partial charge in [-0.3, -0.25) is 0 Å². The van der Waals surface area contributed by atoms with Crippen LogP contribution >= 0.6 is 0 Å². The number of fused-ring (bicyclic) bond motifs is 1. The molecule has 0 atom stereocenters. The number of rotatable bonds is 3. The molecule has 1 fully saturated rings. The molecule has 1 aromatic carbocycles. The summed E-state index contributed by atoms with van der Waals surface area (Å²) in [5.74, 6) is -0.0129. The van der Waals surface area contributed by atoms with Crippen LogP contribution in [0, 0.1) is 0 Å². The number of hydrogen-bond donors (Lipinski definition) is 1. The van der Waals surface area contributed by atoms with E-state index in [0.29, 0.717) is 11.0 Å². The first kappa shape index (κ1) is 17.2. The van der Waals surface area contributed by atoms with Gasteiger partial charge in [0.25, 0.3) is 0 Å². The number of halogens is 2. The van der Waals surface area contributed by atoms with E-state index in [1.807, 2.05) is 27.7 Å². The molecular weight excluding hydrogens is 319 g/mol. The van der Waals surface area contributed by atoms with Crippen molar-refractivity contribution in [3.05, 3.63) is 29.2 Å². The second kappa shape index (κ2) is 5.44. The van der Waals surface area contributed by atoms with Crippen LogP contribution in [-0.2, 0) is 9.31 Å². The fraction of sp³-hybridized carbons (Fsp3) is 0.500. The zero-order valence-corrected chi connectivity index (χ0v) is 14.1. The quantitative estimate of drug-likeness (QED) is 0.858. The third-order valence-corrected chi connectivity index (χ3v) is 4.57. The van der Waals surface area contributed by atoms with Crippen molar-refractivity contribution >= 4 is 13.2 Å². The maximum atomic E-state index is 13.1. The molecule has 8 heteroatoms. The lowest BCUT2D eigenvalue weighted by Crippen LogP contribution is -2.41. The Bertz CT molecular complexity index is 675. The Morgan fingerprint density at radius 3 is 2.25 bits per heavy atom. The van der Waals surface area contributed by atoms with E-state index < -0.39 is 24.6 Å². The lowest BCUT2D eigenvalue weighted by Gasteiger charge is -2.32. The summed E-state index contributed by atoms with van der Waals surface area (Å²) in [6.45, 7) is 8.00. The van der Waals surface area contributed by atoms with Crippen LogP contribution in [0.1, 0.15) is 33.3 Å². The van der Waals surface area contributed by atoms with E-state index in [0.717, 1.165) is 0 Å². The summed E-state index contributed by atoms with van der Waals surface area (Å²) >= 11 is 0. The van der Waals surface area contributed by atoms with E-state index >= 15 is 0 Å². The summed E-state index contributed by atoms with van der Waals surface area (Å²) in [5, 5.41) is 0. The van der Waals surface area contributed by atoms with Gasteiger partial charge in [0.2, 0.25) is 0 Å². The molecule has 1 aromatic rings. The van der Waals surface area contributed by atoms with Gasteiger partial charge in [-0.1, -0.05) is 12.1 Å². The molecule has 0 amide bonds. The topological polar surface area (TPSA) is 62.9 Å². The minimum atomic E-state index is -3.63. The predicted molar refractivity (Wildman–Crippen MR) is 85.8 cm³/mol. The van der Waals surface area contributed by atoms with Gasteiger partial charge < -0.3 is 24.5 Å². The fourth-order valence-electron chi connectivity index (χ4n) is 2.49. The summed E-state index contributed by atoms with van der Waals surface area (Å²) in [7, 11) is -0.591. The van der Waals surface area contributed by atoms with Gasteiger partial charge in [0, 0.05) is 6.54 Å². The molecule has 130 valence electrons. The molecule has 2 aliphatic rings. The largest absolute Gasteiger partial charge is 0.586 e. The SMILES string of the molecule is CC1(C)OB(C(=Cc2ccc3c(c2)OC(F)(F)O3)CN)OC1(C)C. The average molecular weight is 339 g/mol. The Kier molecular flexibility index (Phi) is 3.90. The highest BCUT2D eigenvalue weighted by Gasteiger charge is 2.52. The van der Waals surface area contributed by atoms with Crippen LogP contribution in [0.4, 0.5) is 8.78 Å². The first-order valence-electron chi connectivity index (χ1n) is 7.69. The van der Waals surface area contributed by atoms with Gasteiger partial charge in [-0.2, -0.15) is 0 Å². The Hall–Kier alpha value is -1.64. The third-order valence-electron chi connectivity index (χ3n) is 4.57. The molecule has 2 N–H and O–H groups in total. The Labute approximate surface area is 139 Å². The molecule has 0 radical (unpaired) electrons. The van der Waals surface area contributed by atoms with E-state index in [1.165, 1.54) is 12.1 Å². The maximum Gasteiger partial charge on any atom is 0.586 e. The number of nitrogens with two attached hydrogens (primary N) is 1. The molecular formula is C16H20BF2NO4. The third kappa shape index (κ3) is 3.01. The molecule has 24 heavy (non-hydrogen) atoms. The lowest BCUT2D eigenvalue weighted by molar-refractivity contribution is -0.286. The van der Waals surface area contributed by atoms with E-state index in [-0.39, 0.29) is 18.0 Å². The van der Waals surface area contributed by atoms with Crippen molar-refractivity contribution < 1.29 is 27.6 Å². The van der Waals surface area contributed by atoms with E-state index in [9.17, 15) is 8.78 Å². The van der Waals surface area contributed by atoms with Crippen molar-refractivity contribution in [2.24, 2.45) is 5.73 Å². The van der Waals surface area contributed by atoms with Crippen molar-refractivity contribution in [1.29, 1.82) is 0 Å². The van der Waals surface area contributed by atoms with Gasteiger partial charge in [0.05, 0.1) is 11.2 Å². The molecule has 0 bridgehead atoms. The summed E-state index contributed by atoms with van der Waals surface area (Å²) in [6, 6.07) is 4.54. The second-order valence-electron chi connectivity index (χ2n) is 6.89. The Balaban J connectivity index is 1.85. The maximum absolute atomic E-state index is 13.1. The lowest BCUT2D eigenvalue weighted by atomic mass is 9.77. The minimum absolute atomic E-state index is 0.00193. The summed E-state index contributed by atoms with van der Waals surface area (Å²) in [6.07, 6.45) is -1.88. The molecule has 0 aliphatic carbocycles. The molecule has 2 heterocycles. The summed E-state index contributed by atoms with van der Waals surface area (Å²) in [4.78, 5) is 0. The molecule has 0 unspecified atom stereocenters. The highest BCUT2D eigenvalue weighted by atomic mass is 19.3. The van der Waals surface area contributed by atoms with Gasteiger partial charge >= 0.3 is 13.4 Å². The van der Waals surface area contributed by atoms with Gasteiger partial charge in [-0.05, 0) is 50.9 Å². The molecule has 0 saturated carbocycles. The normalized spacial score (nSPS) is 23.6. The van der Waals surface area contributed by atoms with Crippen molar-refractivity contribution in [2.45, 2.75) is 45.2 Å². The summed E-state index contributed by atoms with van der Waals surface area (Å²) in [5.41, 5.74) is 6.21. The van der Waals surface area contributed by atoms with E-state index in [4.69, 9.17) is 15.0 Å². The van der Waals surface area contributed by atoms with Crippen LogP contribution in [0.2, 0.25) is 0 Å². The monoisotopic (exact) mass is 339 g/mol. The predicted octanol–water partition coefficient (Wildman–Crippen LogP) is 2.98. The summed E-state index contributed by atoms with van der Waals surface area (Å²) < 4.78 is 47.0. The highest BCUT2D eigenvalue weighted by Crippen LogP contribution is 2.42. The molecule has 0 spiro atoms. The van der Waals surface area contributed by atoms with Crippen LogP contribution in [0.3, 0.4) is 0 Å². The van der Waals surface area contributed by atoms with Crippen molar-refractivity contribution in [3.8, 4) is 11.5 Å². The molecule has 5 nitrogen and oxygen atoms in total. The van der Waals surface area contributed by atoms with Crippen LogP contribution < -0.4 is 15.2 Å². The number of ether oxygens (including phenoxy) is 2. The highest BCUT2D eigenvalue weighted by molar-refractivity contribution is 6.55. The number of alkyl halides is 2. The van der Waals surface area contributed by atoms with Crippen molar-refractivity contribution in [3.63, 3.8) is 0 Å². The van der Waals surface area contributed by atoms with Gasteiger partial charge in [-0.15, -0.1) is 8.78 Å². The van der Waals surface area contributed by atoms with Gasteiger partial charge in [0.15, 0.2) is 11.5 Å². The van der Waals surface area contributed by atoms with Crippen molar-refractivity contribution in [1.82, 2.24) is 0 Å². The molecule has 2 aliphatic heterocycles. The van der Waals surface area contributed by atoms with Gasteiger partial charge in [-0.25, -0.2) is 0 Å². The van der Waals surface area contributed by atoms with Crippen molar-refractivity contribution in [2.75, 3.05) is 6.54 Å². The second-order valence-corrected chi connectivity index (χ2v) is 6.89. The number of benzene rings is 1. The first-order chi connectivity index (χ1) is 11.0. The van der Waals surface area contributed by atoms with E-state index in [2.05, 4.69) is 9.47 Å². The molecule has 1 saturated heterocycles. The Morgan fingerprint density at radius 2 is 1.67 bits per heavy atom. The standard InChI is InChI=1S/C16H20BF2NO4/c1-14(2)15(3,4)24-17(23-14)11(9-20)7-10-5-6-12-13(8-10)22-16(18,19)21-12/h5-8H,9,20H2,1-4H3. The van der Waals surface area contributed by atoms with Gasteiger partial charge in [0.1, 0.15) is 0 Å². The van der Waals surface area contributed by atoms with Crippen LogP contribution in [0.5, 0.6) is 11.5 Å². The average Bonchev–Trinajstić information content (AvgIpc) is 2.86. The Morgan fingerprint density at radius 1 is 1.08 bits per heavy atom. The van der Waals surface area contributed by atoms with E-state index in [1.54, 1.807) is 12.1 Å². The van der Waals surface area contributed by atoms with Crippen LogP contribution in [0.25, 0.3) is 6.08 Å². The van der Waals surface area contributed by atoms with Crippen LogP contribution in [0.15, 0.2) is 23.7 Å². The van der Waals surface area contributed by atoms with Crippen LogP contribution in [-0.4, -0.2) is 31.2 Å². The zero-order chi connectivity index (χ0) is 17.8.